The topological polar surface area (TPSA) is 18.5 Å². The van der Waals surface area contributed by atoms with Crippen molar-refractivity contribution in [1.29, 1.82) is 0 Å². The third kappa shape index (κ3) is 3.94. The molecule has 18 heavy (non-hydrogen) atoms. The minimum atomic E-state index is 0.753. The number of rotatable bonds is 5. The number of hydrogen-bond acceptors (Lipinski definition) is 3. The van der Waals surface area contributed by atoms with Gasteiger partial charge in [-0.3, -0.25) is 4.90 Å². The van der Waals surface area contributed by atoms with Crippen molar-refractivity contribution in [3.63, 3.8) is 0 Å². The molecule has 2 heterocycles. The van der Waals surface area contributed by atoms with Gasteiger partial charge in [-0.15, -0.1) is 0 Å². The number of hydrogen-bond donors (Lipinski definition) is 1. The van der Waals surface area contributed by atoms with Crippen molar-refractivity contribution in [2.24, 2.45) is 0 Å². The summed E-state index contributed by atoms with van der Waals surface area (Å²) in [5.74, 6) is 0. The molecule has 1 unspecified atom stereocenters. The summed E-state index contributed by atoms with van der Waals surface area (Å²) in [5, 5.41) is 3.69. The van der Waals surface area contributed by atoms with Gasteiger partial charge in [-0.2, -0.15) is 0 Å². The van der Waals surface area contributed by atoms with E-state index in [9.17, 15) is 0 Å². The van der Waals surface area contributed by atoms with Gasteiger partial charge in [-0.05, 0) is 58.4 Å². The van der Waals surface area contributed by atoms with Crippen LogP contribution in [0, 0.1) is 0 Å². The van der Waals surface area contributed by atoms with Gasteiger partial charge in [0.1, 0.15) is 0 Å². The Morgan fingerprint density at radius 2 is 1.89 bits per heavy atom. The standard InChI is InChI=1S/C15H31N3/c1-3-17-11-8-15(9-12-17)18(4-2)13-14-7-5-6-10-16-14/h14-16H,3-13H2,1-2H3. The molecule has 106 valence electrons. The van der Waals surface area contributed by atoms with Crippen molar-refractivity contribution < 1.29 is 0 Å². The van der Waals surface area contributed by atoms with Gasteiger partial charge < -0.3 is 10.2 Å². The number of likely N-dealkylation sites (N-methyl/N-ethyl adjacent to an activating group) is 1. The van der Waals surface area contributed by atoms with Crippen LogP contribution in [0.4, 0.5) is 0 Å². The van der Waals surface area contributed by atoms with Gasteiger partial charge >= 0.3 is 0 Å². The highest BCUT2D eigenvalue weighted by Crippen LogP contribution is 2.18. The molecule has 2 aliphatic heterocycles. The molecule has 0 bridgehead atoms. The van der Waals surface area contributed by atoms with Crippen molar-refractivity contribution in [3.8, 4) is 0 Å². The van der Waals surface area contributed by atoms with Crippen molar-refractivity contribution in [3.05, 3.63) is 0 Å². The predicted molar refractivity (Wildman–Crippen MR) is 78.0 cm³/mol. The predicted octanol–water partition coefficient (Wildman–Crippen LogP) is 1.93. The first-order valence-corrected chi connectivity index (χ1v) is 8.03. The van der Waals surface area contributed by atoms with Crippen molar-refractivity contribution in [2.75, 3.05) is 39.3 Å². The molecule has 1 N–H and O–H groups in total. The number of piperidine rings is 2. The van der Waals surface area contributed by atoms with Gasteiger partial charge in [-0.25, -0.2) is 0 Å². The quantitative estimate of drug-likeness (QED) is 0.808. The first kappa shape index (κ1) is 14.3. The molecule has 0 spiro atoms. The van der Waals surface area contributed by atoms with Gasteiger partial charge in [0.05, 0.1) is 0 Å². The summed E-state index contributed by atoms with van der Waals surface area (Å²) >= 11 is 0. The molecule has 1 atom stereocenters. The normalized spacial score (nSPS) is 27.8. The van der Waals surface area contributed by atoms with E-state index in [0.29, 0.717) is 0 Å². The molecule has 0 aromatic carbocycles. The second kappa shape index (κ2) is 7.46. The van der Waals surface area contributed by atoms with Crippen LogP contribution in [-0.4, -0.2) is 61.2 Å². The summed E-state index contributed by atoms with van der Waals surface area (Å²) in [6, 6.07) is 1.59. The van der Waals surface area contributed by atoms with E-state index in [0.717, 1.165) is 12.1 Å². The van der Waals surface area contributed by atoms with Crippen LogP contribution in [0.5, 0.6) is 0 Å². The highest BCUT2D eigenvalue weighted by Gasteiger charge is 2.25. The highest BCUT2D eigenvalue weighted by atomic mass is 15.2. The van der Waals surface area contributed by atoms with Gasteiger partial charge in [0.2, 0.25) is 0 Å². The zero-order valence-corrected chi connectivity index (χ0v) is 12.3. The Morgan fingerprint density at radius 1 is 1.11 bits per heavy atom. The molecule has 0 saturated carbocycles. The number of nitrogens with one attached hydrogen (secondary N) is 1. The average molecular weight is 253 g/mol. The second-order valence-electron chi connectivity index (χ2n) is 5.90. The van der Waals surface area contributed by atoms with Crippen LogP contribution in [-0.2, 0) is 0 Å². The maximum atomic E-state index is 3.69. The molecule has 3 heteroatoms. The minimum Gasteiger partial charge on any atom is -0.313 e. The Kier molecular flexibility index (Phi) is 5.93. The third-order valence-electron chi connectivity index (χ3n) is 4.79. The van der Waals surface area contributed by atoms with Crippen molar-refractivity contribution >= 4 is 0 Å². The summed E-state index contributed by atoms with van der Waals surface area (Å²) in [7, 11) is 0. The van der Waals surface area contributed by atoms with E-state index in [1.165, 1.54) is 71.4 Å². The summed E-state index contributed by atoms with van der Waals surface area (Å²) in [6.07, 6.45) is 6.91. The summed E-state index contributed by atoms with van der Waals surface area (Å²) in [5.41, 5.74) is 0. The van der Waals surface area contributed by atoms with E-state index in [-0.39, 0.29) is 0 Å². The molecule has 2 fully saturated rings. The summed E-state index contributed by atoms with van der Waals surface area (Å²) in [4.78, 5) is 5.32. The molecule has 0 aromatic rings. The lowest BCUT2D eigenvalue weighted by Gasteiger charge is -2.40. The van der Waals surface area contributed by atoms with Crippen molar-refractivity contribution in [2.45, 2.75) is 58.0 Å². The number of likely N-dealkylation sites (tertiary alicyclic amines) is 1. The molecule has 0 radical (unpaired) electrons. The van der Waals surface area contributed by atoms with Crippen LogP contribution in [0.15, 0.2) is 0 Å². The lowest BCUT2D eigenvalue weighted by molar-refractivity contribution is 0.103. The molecule has 3 nitrogen and oxygen atoms in total. The largest absolute Gasteiger partial charge is 0.313 e. The first-order chi connectivity index (χ1) is 8.83. The van der Waals surface area contributed by atoms with Gasteiger partial charge in [0, 0.05) is 18.6 Å². The Bertz CT molecular complexity index is 218. The first-order valence-electron chi connectivity index (χ1n) is 8.03. The average Bonchev–Trinajstić information content (AvgIpc) is 2.46. The van der Waals surface area contributed by atoms with E-state index >= 15 is 0 Å². The monoisotopic (exact) mass is 253 g/mol. The maximum Gasteiger partial charge on any atom is 0.0195 e. The molecule has 0 aromatic heterocycles. The van der Waals surface area contributed by atoms with E-state index in [2.05, 4.69) is 29.0 Å². The van der Waals surface area contributed by atoms with E-state index in [4.69, 9.17) is 0 Å². The van der Waals surface area contributed by atoms with Crippen LogP contribution in [0.3, 0.4) is 0 Å². The molecule has 2 rings (SSSR count). The van der Waals surface area contributed by atoms with Gasteiger partial charge in [0.25, 0.3) is 0 Å². The Labute approximate surface area is 113 Å². The number of nitrogens with zero attached hydrogens (tertiary/aromatic N) is 2. The van der Waals surface area contributed by atoms with E-state index < -0.39 is 0 Å². The van der Waals surface area contributed by atoms with Crippen LogP contribution in [0.2, 0.25) is 0 Å². The van der Waals surface area contributed by atoms with Crippen LogP contribution >= 0.6 is 0 Å². The molecular weight excluding hydrogens is 222 g/mol. The van der Waals surface area contributed by atoms with Gasteiger partial charge in [-0.1, -0.05) is 20.3 Å². The Balaban J connectivity index is 1.77. The Hall–Kier alpha value is -0.120. The fraction of sp³-hybridized carbons (Fsp3) is 1.00. The third-order valence-corrected chi connectivity index (χ3v) is 4.79. The van der Waals surface area contributed by atoms with Crippen LogP contribution < -0.4 is 5.32 Å². The smallest absolute Gasteiger partial charge is 0.0195 e. The SMILES string of the molecule is CCN1CCC(N(CC)CC2CCCCN2)CC1. The van der Waals surface area contributed by atoms with E-state index in [1.54, 1.807) is 0 Å². The van der Waals surface area contributed by atoms with Crippen LogP contribution in [0.1, 0.15) is 46.0 Å². The zero-order valence-electron chi connectivity index (χ0n) is 12.3. The lowest BCUT2D eigenvalue weighted by atomic mass is 10.00. The molecular formula is C15H31N3. The van der Waals surface area contributed by atoms with Crippen LogP contribution in [0.25, 0.3) is 0 Å². The second-order valence-corrected chi connectivity index (χ2v) is 5.90. The van der Waals surface area contributed by atoms with Crippen molar-refractivity contribution in [1.82, 2.24) is 15.1 Å². The molecule has 2 aliphatic rings. The molecule has 2 saturated heterocycles. The van der Waals surface area contributed by atoms with Gasteiger partial charge in [0.15, 0.2) is 0 Å². The molecule has 0 aliphatic carbocycles. The zero-order chi connectivity index (χ0) is 12.8. The lowest BCUT2D eigenvalue weighted by Crippen LogP contribution is -2.50. The molecule has 0 amide bonds. The minimum absolute atomic E-state index is 0.753. The highest BCUT2D eigenvalue weighted by molar-refractivity contribution is 4.83. The van der Waals surface area contributed by atoms with E-state index in [1.807, 2.05) is 0 Å². The fourth-order valence-electron chi connectivity index (χ4n) is 3.50. The summed E-state index contributed by atoms with van der Waals surface area (Å²) < 4.78 is 0. The maximum absolute atomic E-state index is 3.69. The Morgan fingerprint density at radius 3 is 2.44 bits per heavy atom. The summed E-state index contributed by atoms with van der Waals surface area (Å²) in [6.45, 7) is 12.2. The fourth-order valence-corrected chi connectivity index (χ4v) is 3.50.